The summed E-state index contributed by atoms with van der Waals surface area (Å²) in [5.74, 6) is -0.150. The molecule has 0 atom stereocenters. The normalized spacial score (nSPS) is 11.2. The van der Waals surface area contributed by atoms with Crippen molar-refractivity contribution in [2.24, 2.45) is 9.98 Å². The Morgan fingerprint density at radius 2 is 1.88 bits per heavy atom. The number of aliphatic imine (C=N–C) groups is 2. The Hall–Kier alpha value is -3.77. The maximum absolute atomic E-state index is 12.3. The molecule has 0 radical (unpaired) electrons. The van der Waals surface area contributed by atoms with Crippen LogP contribution in [-0.4, -0.2) is 38.2 Å². The zero-order chi connectivity index (χ0) is 23.0. The van der Waals surface area contributed by atoms with Gasteiger partial charge in [-0.05, 0) is 42.1 Å². The highest BCUT2D eigenvalue weighted by atomic mass is 16.5. The topological polar surface area (TPSA) is 75.1 Å². The Morgan fingerprint density at radius 3 is 2.66 bits per heavy atom. The van der Waals surface area contributed by atoms with Gasteiger partial charge in [0.2, 0.25) is 0 Å². The van der Waals surface area contributed by atoms with Gasteiger partial charge in [0.15, 0.2) is 0 Å². The molecule has 0 aliphatic rings. The third-order valence-corrected chi connectivity index (χ3v) is 4.37. The van der Waals surface area contributed by atoms with Gasteiger partial charge in [-0.1, -0.05) is 42.5 Å². The Labute approximate surface area is 190 Å². The second kappa shape index (κ2) is 14.3. The average Bonchev–Trinajstić information content (AvgIpc) is 2.82. The highest BCUT2D eigenvalue weighted by molar-refractivity contribution is 6.04. The number of rotatable bonds is 14. The number of hydrogen-bond acceptors (Lipinski definition) is 5. The van der Waals surface area contributed by atoms with Crippen molar-refractivity contribution in [2.45, 2.75) is 13.0 Å². The Morgan fingerprint density at radius 1 is 1.06 bits per heavy atom. The van der Waals surface area contributed by atoms with Crippen LogP contribution in [0.5, 0.6) is 0 Å². The van der Waals surface area contributed by atoms with Gasteiger partial charge in [0.25, 0.3) is 5.91 Å². The van der Waals surface area contributed by atoms with E-state index in [4.69, 9.17) is 9.73 Å². The molecule has 32 heavy (non-hydrogen) atoms. The second-order valence-electron chi connectivity index (χ2n) is 6.79. The van der Waals surface area contributed by atoms with Crippen LogP contribution in [0.15, 0.2) is 96.1 Å². The standard InChI is InChI=1S/C26H30N4O2/c1-4-14-28-26(31)23-11-7-10-22(18-23)25(13-8-15-27-3)30-20-29-24-12-6-9-21(17-24)19-32-16-5-2/h4-12,15,17-18,29H,1-3,13-14,16,19-20H2,(H,28,31)/b15-8-,30-25+. The van der Waals surface area contributed by atoms with Gasteiger partial charge >= 0.3 is 0 Å². The molecule has 2 aromatic carbocycles. The van der Waals surface area contributed by atoms with E-state index in [2.05, 4.69) is 35.5 Å². The summed E-state index contributed by atoms with van der Waals surface area (Å²) in [6.07, 6.45) is 7.46. The average molecular weight is 431 g/mol. The van der Waals surface area contributed by atoms with Crippen molar-refractivity contribution in [3.8, 4) is 0 Å². The van der Waals surface area contributed by atoms with Gasteiger partial charge in [0, 0.05) is 36.1 Å². The van der Waals surface area contributed by atoms with Crippen molar-refractivity contribution in [1.82, 2.24) is 5.32 Å². The predicted molar refractivity (Wildman–Crippen MR) is 134 cm³/mol. The molecule has 0 saturated carbocycles. The van der Waals surface area contributed by atoms with Crippen molar-refractivity contribution in [2.75, 3.05) is 25.1 Å². The third-order valence-electron chi connectivity index (χ3n) is 4.37. The van der Waals surface area contributed by atoms with Crippen LogP contribution >= 0.6 is 0 Å². The molecular formula is C26H30N4O2. The van der Waals surface area contributed by atoms with Crippen molar-refractivity contribution in [3.63, 3.8) is 0 Å². The molecule has 2 N–H and O–H groups in total. The van der Waals surface area contributed by atoms with Crippen molar-refractivity contribution < 1.29 is 9.53 Å². The smallest absolute Gasteiger partial charge is 0.251 e. The lowest BCUT2D eigenvalue weighted by atomic mass is 10.0. The molecule has 0 aliphatic carbocycles. The first kappa shape index (κ1) is 24.5. The maximum Gasteiger partial charge on any atom is 0.251 e. The van der Waals surface area contributed by atoms with E-state index in [-0.39, 0.29) is 5.91 Å². The summed E-state index contributed by atoms with van der Waals surface area (Å²) in [5.41, 5.74) is 4.30. The van der Waals surface area contributed by atoms with Crippen molar-refractivity contribution in [1.29, 1.82) is 0 Å². The van der Waals surface area contributed by atoms with E-state index in [0.717, 1.165) is 22.5 Å². The van der Waals surface area contributed by atoms with Gasteiger partial charge in [-0.2, -0.15) is 0 Å². The molecule has 1 amide bonds. The lowest BCUT2D eigenvalue weighted by Crippen LogP contribution is -2.23. The Balaban J connectivity index is 2.13. The molecule has 0 saturated heterocycles. The molecule has 0 unspecified atom stereocenters. The number of nitrogens with one attached hydrogen (secondary N) is 2. The summed E-state index contributed by atoms with van der Waals surface area (Å²) in [7, 11) is 0. The van der Waals surface area contributed by atoms with Gasteiger partial charge in [-0.15, -0.1) is 13.2 Å². The van der Waals surface area contributed by atoms with Gasteiger partial charge in [-0.25, -0.2) is 0 Å². The molecule has 6 heteroatoms. The number of hydrogen-bond donors (Lipinski definition) is 2. The monoisotopic (exact) mass is 430 g/mol. The van der Waals surface area contributed by atoms with Crippen LogP contribution in [0.25, 0.3) is 0 Å². The molecule has 2 rings (SSSR count). The van der Waals surface area contributed by atoms with E-state index in [0.29, 0.717) is 38.4 Å². The minimum atomic E-state index is -0.150. The van der Waals surface area contributed by atoms with Crippen molar-refractivity contribution in [3.05, 3.63) is 103 Å². The van der Waals surface area contributed by atoms with Gasteiger partial charge < -0.3 is 15.4 Å². The predicted octanol–water partition coefficient (Wildman–Crippen LogP) is 4.77. The van der Waals surface area contributed by atoms with E-state index >= 15 is 0 Å². The number of anilines is 1. The minimum absolute atomic E-state index is 0.150. The van der Waals surface area contributed by atoms with Gasteiger partial charge in [-0.3, -0.25) is 14.8 Å². The fourth-order valence-corrected chi connectivity index (χ4v) is 2.88. The minimum Gasteiger partial charge on any atom is -0.373 e. The van der Waals surface area contributed by atoms with Crippen molar-refractivity contribution >= 4 is 24.0 Å². The Kier molecular flexibility index (Phi) is 10.9. The zero-order valence-corrected chi connectivity index (χ0v) is 18.3. The summed E-state index contributed by atoms with van der Waals surface area (Å²) >= 11 is 0. The molecule has 0 spiro atoms. The zero-order valence-electron chi connectivity index (χ0n) is 18.3. The molecule has 0 bridgehead atoms. The van der Waals surface area contributed by atoms with Crippen LogP contribution in [0.3, 0.4) is 0 Å². The highest BCUT2D eigenvalue weighted by Gasteiger charge is 2.08. The summed E-state index contributed by atoms with van der Waals surface area (Å²) in [6.45, 7) is 12.6. The molecule has 0 aliphatic heterocycles. The molecule has 0 aromatic heterocycles. The number of nitrogens with zero attached hydrogens (tertiary/aromatic N) is 2. The Bertz CT molecular complexity index is 979. The maximum atomic E-state index is 12.3. The second-order valence-corrected chi connectivity index (χ2v) is 6.79. The number of ether oxygens (including phenoxy) is 1. The number of carbonyl (C=O) groups excluding carboxylic acids is 1. The molecule has 6 nitrogen and oxygen atoms in total. The number of allylic oxidation sites excluding steroid dienone is 1. The summed E-state index contributed by atoms with van der Waals surface area (Å²) in [6, 6.07) is 15.4. The highest BCUT2D eigenvalue weighted by Crippen LogP contribution is 2.13. The third kappa shape index (κ3) is 8.53. The van der Waals surface area contributed by atoms with E-state index in [1.54, 1.807) is 24.4 Å². The lowest BCUT2D eigenvalue weighted by molar-refractivity contribution is 0.0958. The van der Waals surface area contributed by atoms with Crippen LogP contribution in [0.1, 0.15) is 27.9 Å². The molecule has 166 valence electrons. The van der Waals surface area contributed by atoms with E-state index < -0.39 is 0 Å². The van der Waals surface area contributed by atoms with Crippen LogP contribution in [-0.2, 0) is 11.3 Å². The first-order chi connectivity index (χ1) is 15.7. The first-order valence-electron chi connectivity index (χ1n) is 10.3. The summed E-state index contributed by atoms with van der Waals surface area (Å²) in [4.78, 5) is 20.8. The summed E-state index contributed by atoms with van der Waals surface area (Å²) in [5, 5.41) is 6.11. The number of carbonyl (C=O) groups is 1. The first-order valence-corrected chi connectivity index (χ1v) is 10.3. The van der Waals surface area contributed by atoms with Crippen LogP contribution in [0, 0.1) is 0 Å². The molecular weight excluding hydrogens is 400 g/mol. The molecule has 0 heterocycles. The number of benzene rings is 2. The summed E-state index contributed by atoms with van der Waals surface area (Å²) < 4.78 is 5.50. The SMILES string of the molecule is C=CCNC(=O)c1cccc(/C(C/C=C\N=C)=N/CNc2cccc(COCC=C)c2)c1. The fourth-order valence-electron chi connectivity index (χ4n) is 2.88. The van der Waals surface area contributed by atoms with E-state index in [9.17, 15) is 4.79 Å². The lowest BCUT2D eigenvalue weighted by Gasteiger charge is -2.10. The van der Waals surface area contributed by atoms with E-state index in [1.807, 2.05) is 48.5 Å². The van der Waals surface area contributed by atoms with Crippen LogP contribution in [0.4, 0.5) is 5.69 Å². The molecule has 0 fully saturated rings. The molecule has 2 aromatic rings. The largest absolute Gasteiger partial charge is 0.373 e. The quantitative estimate of drug-likeness (QED) is 0.258. The fraction of sp³-hybridized carbons (Fsp3) is 0.192. The van der Waals surface area contributed by atoms with Crippen LogP contribution in [0.2, 0.25) is 0 Å². The van der Waals surface area contributed by atoms with Gasteiger partial charge in [0.05, 0.1) is 13.2 Å². The van der Waals surface area contributed by atoms with Crippen LogP contribution < -0.4 is 10.6 Å². The van der Waals surface area contributed by atoms with E-state index in [1.165, 1.54) is 0 Å². The van der Waals surface area contributed by atoms with Gasteiger partial charge in [0.1, 0.15) is 6.67 Å². The number of amides is 1.